The number of likely N-dealkylation sites (N-methyl/N-ethyl adjacent to an activating group) is 1. The van der Waals surface area contributed by atoms with Crippen LogP contribution >= 0.6 is 15.9 Å². The van der Waals surface area contributed by atoms with E-state index in [2.05, 4.69) is 21.2 Å². The van der Waals surface area contributed by atoms with Crippen LogP contribution in [0.5, 0.6) is 0 Å². The molecule has 28 heavy (non-hydrogen) atoms. The van der Waals surface area contributed by atoms with Gasteiger partial charge in [-0.2, -0.15) is 0 Å². The van der Waals surface area contributed by atoms with E-state index in [9.17, 15) is 19.7 Å². The van der Waals surface area contributed by atoms with Gasteiger partial charge in [-0.1, -0.05) is 28.1 Å². The second-order valence-corrected chi connectivity index (χ2v) is 7.44. The van der Waals surface area contributed by atoms with Gasteiger partial charge >= 0.3 is 6.03 Å². The highest BCUT2D eigenvalue weighted by Gasteiger charge is 2.43. The molecule has 0 spiro atoms. The third kappa shape index (κ3) is 2.93. The number of hydrogen-bond acceptors (Lipinski definition) is 4. The van der Waals surface area contributed by atoms with Crippen molar-refractivity contribution in [3.05, 3.63) is 80.0 Å². The summed E-state index contributed by atoms with van der Waals surface area (Å²) in [4.78, 5) is 39.3. The maximum Gasteiger partial charge on any atom is 0.322 e. The minimum atomic E-state index is -0.744. The first-order valence-electron chi connectivity index (χ1n) is 8.46. The average molecular weight is 443 g/mol. The number of amides is 3. The highest BCUT2D eigenvalue weighted by molar-refractivity contribution is 9.10. The molecule has 0 unspecified atom stereocenters. The van der Waals surface area contributed by atoms with Gasteiger partial charge in [0.25, 0.3) is 11.6 Å². The molecule has 2 aromatic carbocycles. The van der Waals surface area contributed by atoms with E-state index < -0.39 is 11.0 Å². The fraction of sp³-hybridized carbons (Fsp3) is 0.158. The monoisotopic (exact) mass is 442 g/mol. The third-order valence-corrected chi connectivity index (χ3v) is 5.44. The molecule has 9 heteroatoms. The van der Waals surface area contributed by atoms with Crippen LogP contribution in [-0.4, -0.2) is 35.4 Å². The predicted octanol–water partition coefficient (Wildman–Crippen LogP) is 3.35. The molecule has 2 aliphatic rings. The Hall–Kier alpha value is -3.20. The number of nitro benzene ring substituents is 1. The van der Waals surface area contributed by atoms with Crippen LogP contribution in [0.3, 0.4) is 0 Å². The summed E-state index contributed by atoms with van der Waals surface area (Å²) >= 11 is 3.37. The highest BCUT2D eigenvalue weighted by Crippen LogP contribution is 2.38. The van der Waals surface area contributed by atoms with Gasteiger partial charge in [0.2, 0.25) is 0 Å². The van der Waals surface area contributed by atoms with Crippen LogP contribution in [0, 0.1) is 10.1 Å². The second kappa shape index (κ2) is 6.75. The van der Waals surface area contributed by atoms with Crippen molar-refractivity contribution < 1.29 is 14.5 Å². The van der Waals surface area contributed by atoms with Crippen LogP contribution in [0.4, 0.5) is 16.2 Å². The summed E-state index contributed by atoms with van der Waals surface area (Å²) in [5.74, 6) is -0.235. The first kappa shape index (κ1) is 18.2. The maximum atomic E-state index is 13.2. The van der Waals surface area contributed by atoms with E-state index in [4.69, 9.17) is 0 Å². The van der Waals surface area contributed by atoms with Crippen molar-refractivity contribution in [3.63, 3.8) is 0 Å². The molecular formula is C19H15BrN4O4. The largest absolute Gasteiger partial charge is 0.327 e. The van der Waals surface area contributed by atoms with Crippen LogP contribution in [0.2, 0.25) is 0 Å². The van der Waals surface area contributed by atoms with Crippen molar-refractivity contribution in [2.75, 3.05) is 18.5 Å². The van der Waals surface area contributed by atoms with Crippen molar-refractivity contribution in [2.45, 2.75) is 6.04 Å². The molecule has 0 aromatic heterocycles. The van der Waals surface area contributed by atoms with Gasteiger partial charge in [-0.3, -0.25) is 19.8 Å². The number of hydrogen-bond donors (Lipinski definition) is 1. The third-order valence-electron chi connectivity index (χ3n) is 4.91. The number of nitrogens with zero attached hydrogens (tertiary/aromatic N) is 3. The summed E-state index contributed by atoms with van der Waals surface area (Å²) in [6, 6.07) is 12.2. The summed E-state index contributed by atoms with van der Waals surface area (Å²) in [7, 11) is 1.60. The Labute approximate surface area is 168 Å². The van der Waals surface area contributed by atoms with Crippen LogP contribution in [0.1, 0.15) is 11.6 Å². The van der Waals surface area contributed by atoms with E-state index >= 15 is 0 Å². The van der Waals surface area contributed by atoms with Gasteiger partial charge in [0.05, 0.1) is 28.8 Å². The number of nitro groups is 1. The fourth-order valence-electron chi connectivity index (χ4n) is 3.46. The van der Waals surface area contributed by atoms with Gasteiger partial charge in [-0.05, 0) is 29.8 Å². The fourth-order valence-corrected chi connectivity index (χ4v) is 3.73. The molecule has 4 rings (SSSR count). The normalized spacial score (nSPS) is 19.0. The number of carbonyl (C=O) groups excluding carboxylic acids is 2. The maximum absolute atomic E-state index is 13.2. The van der Waals surface area contributed by atoms with Gasteiger partial charge in [-0.15, -0.1) is 0 Å². The zero-order valence-corrected chi connectivity index (χ0v) is 16.3. The quantitative estimate of drug-likeness (QED) is 0.582. The van der Waals surface area contributed by atoms with E-state index in [0.29, 0.717) is 22.5 Å². The molecule has 142 valence electrons. The minimum Gasteiger partial charge on any atom is -0.327 e. The number of anilines is 1. The van der Waals surface area contributed by atoms with Crippen molar-refractivity contribution in [1.82, 2.24) is 10.2 Å². The molecule has 0 radical (unpaired) electrons. The smallest absolute Gasteiger partial charge is 0.322 e. The Balaban J connectivity index is 1.76. The van der Waals surface area contributed by atoms with Crippen LogP contribution in [-0.2, 0) is 4.79 Å². The van der Waals surface area contributed by atoms with Crippen LogP contribution in [0.25, 0.3) is 0 Å². The Morgan fingerprint density at radius 1 is 1.18 bits per heavy atom. The topological polar surface area (TPSA) is 95.8 Å². The Bertz CT molecular complexity index is 1030. The summed E-state index contributed by atoms with van der Waals surface area (Å²) in [5.41, 5.74) is 2.12. The molecule has 0 fully saturated rings. The number of rotatable bonds is 3. The second-order valence-electron chi connectivity index (χ2n) is 6.52. The lowest BCUT2D eigenvalue weighted by Crippen LogP contribution is -2.45. The summed E-state index contributed by atoms with van der Waals surface area (Å²) in [5, 5.41) is 13.9. The first-order valence-corrected chi connectivity index (χ1v) is 9.25. The molecule has 0 aliphatic carbocycles. The standard InChI is InChI=1S/C19H15BrN4O4/c1-22-15-10-23(13-7-5-12(20)6-8-13)18(25)16(15)17(21-19(22)26)11-3-2-4-14(9-11)24(27)28/h2-9,17H,10H2,1H3,(H,21,26)/t17-/m1/s1. The molecular weight excluding hydrogens is 428 g/mol. The van der Waals surface area contributed by atoms with Crippen molar-refractivity contribution in [1.29, 1.82) is 0 Å². The van der Waals surface area contributed by atoms with E-state index in [1.165, 1.54) is 17.0 Å². The summed E-state index contributed by atoms with van der Waals surface area (Å²) in [6.07, 6.45) is 0. The van der Waals surface area contributed by atoms with Gasteiger partial charge in [0.1, 0.15) is 0 Å². The lowest BCUT2D eigenvalue weighted by Gasteiger charge is -2.30. The molecule has 8 nitrogen and oxygen atoms in total. The van der Waals surface area contributed by atoms with E-state index in [-0.39, 0.29) is 24.2 Å². The van der Waals surface area contributed by atoms with Crippen molar-refractivity contribution in [3.8, 4) is 0 Å². The highest BCUT2D eigenvalue weighted by atomic mass is 79.9. The average Bonchev–Trinajstić information content (AvgIpc) is 3.03. The first-order chi connectivity index (χ1) is 13.4. The molecule has 2 heterocycles. The molecule has 3 amide bonds. The molecule has 2 aliphatic heterocycles. The summed E-state index contributed by atoms with van der Waals surface area (Å²) < 4.78 is 0.893. The number of carbonyl (C=O) groups is 2. The Morgan fingerprint density at radius 2 is 1.89 bits per heavy atom. The van der Waals surface area contributed by atoms with E-state index in [0.717, 1.165) is 4.47 Å². The van der Waals surface area contributed by atoms with Gasteiger partial charge in [-0.25, -0.2) is 4.79 Å². The SMILES string of the molecule is CN1C(=O)N[C@H](c2cccc([N+](=O)[O-])c2)C2=C1CN(c1ccc(Br)cc1)C2=O. The number of halogens is 1. The number of benzene rings is 2. The van der Waals surface area contributed by atoms with Crippen molar-refractivity contribution >= 4 is 39.2 Å². The molecule has 0 saturated heterocycles. The Kier molecular flexibility index (Phi) is 4.38. The zero-order valence-electron chi connectivity index (χ0n) is 14.8. The van der Waals surface area contributed by atoms with Crippen LogP contribution < -0.4 is 10.2 Å². The molecule has 2 aromatic rings. The minimum absolute atomic E-state index is 0.0944. The van der Waals surface area contributed by atoms with Gasteiger partial charge < -0.3 is 10.2 Å². The summed E-state index contributed by atoms with van der Waals surface area (Å²) in [6.45, 7) is 0.255. The zero-order chi connectivity index (χ0) is 20.0. The number of urea groups is 1. The number of nitrogens with one attached hydrogen (secondary N) is 1. The molecule has 0 saturated carbocycles. The predicted molar refractivity (Wildman–Crippen MR) is 106 cm³/mol. The molecule has 1 N–H and O–H groups in total. The molecule has 1 atom stereocenters. The Morgan fingerprint density at radius 3 is 2.57 bits per heavy atom. The van der Waals surface area contributed by atoms with Gasteiger partial charge in [0.15, 0.2) is 0 Å². The van der Waals surface area contributed by atoms with Gasteiger partial charge in [0, 0.05) is 29.3 Å². The van der Waals surface area contributed by atoms with E-state index in [1.807, 2.05) is 24.3 Å². The molecule has 0 bridgehead atoms. The number of non-ortho nitro benzene ring substituents is 1. The van der Waals surface area contributed by atoms with Crippen molar-refractivity contribution in [2.24, 2.45) is 0 Å². The lowest BCUT2D eigenvalue weighted by atomic mass is 9.95. The van der Waals surface area contributed by atoms with Crippen LogP contribution in [0.15, 0.2) is 64.3 Å². The lowest BCUT2D eigenvalue weighted by molar-refractivity contribution is -0.384. The van der Waals surface area contributed by atoms with E-state index in [1.54, 1.807) is 24.1 Å².